The van der Waals surface area contributed by atoms with Gasteiger partial charge in [-0.1, -0.05) is 18.2 Å². The van der Waals surface area contributed by atoms with E-state index in [4.69, 9.17) is 5.73 Å². The molecule has 1 fully saturated rings. The van der Waals surface area contributed by atoms with E-state index in [0.717, 1.165) is 37.2 Å². The monoisotopic (exact) mass is 348 g/mol. The van der Waals surface area contributed by atoms with Gasteiger partial charge in [0.25, 0.3) is 5.91 Å². The number of nitrogens with two attached hydrogens (primary N) is 1. The van der Waals surface area contributed by atoms with Gasteiger partial charge < -0.3 is 10.6 Å². The molecule has 0 spiro atoms. The smallest absolute Gasteiger partial charge is 0.257 e. The zero-order chi connectivity index (χ0) is 16.4. The van der Waals surface area contributed by atoms with E-state index in [1.165, 1.54) is 0 Å². The molecule has 1 aromatic heterocycles. The minimum absolute atomic E-state index is 0. The summed E-state index contributed by atoms with van der Waals surface area (Å²) in [4.78, 5) is 14.9. The van der Waals surface area contributed by atoms with Crippen LogP contribution in [0.15, 0.2) is 36.5 Å². The minimum Gasteiger partial charge on any atom is -0.334 e. The SMILES string of the molecule is Cc1nn(-c2ccccc2)cc1C(=O)N1CCCCC1C(C)N.Cl. The van der Waals surface area contributed by atoms with Crippen LogP contribution in [0, 0.1) is 6.92 Å². The third-order valence-corrected chi connectivity index (χ3v) is 4.57. The number of nitrogens with zero attached hydrogens (tertiary/aromatic N) is 3. The fourth-order valence-corrected chi connectivity index (χ4v) is 3.29. The summed E-state index contributed by atoms with van der Waals surface area (Å²) in [7, 11) is 0. The Labute approximate surface area is 149 Å². The number of carbonyl (C=O) groups excluding carboxylic acids is 1. The first kappa shape index (κ1) is 18.5. The number of likely N-dealkylation sites (tertiary alicyclic amines) is 1. The summed E-state index contributed by atoms with van der Waals surface area (Å²) < 4.78 is 1.77. The van der Waals surface area contributed by atoms with Crippen LogP contribution in [0.2, 0.25) is 0 Å². The Morgan fingerprint density at radius 3 is 2.67 bits per heavy atom. The van der Waals surface area contributed by atoms with Gasteiger partial charge in [0.05, 0.1) is 16.9 Å². The lowest BCUT2D eigenvalue weighted by Gasteiger charge is -2.38. The Bertz CT molecular complexity index is 684. The number of rotatable bonds is 3. The molecule has 1 aliphatic heterocycles. The van der Waals surface area contributed by atoms with Crippen molar-refractivity contribution in [2.45, 2.75) is 45.2 Å². The molecule has 6 heteroatoms. The number of amides is 1. The van der Waals surface area contributed by atoms with Gasteiger partial charge in [0.1, 0.15) is 0 Å². The number of hydrogen-bond acceptors (Lipinski definition) is 3. The van der Waals surface area contributed by atoms with E-state index < -0.39 is 0 Å². The van der Waals surface area contributed by atoms with Gasteiger partial charge >= 0.3 is 0 Å². The quantitative estimate of drug-likeness (QED) is 0.927. The third-order valence-electron chi connectivity index (χ3n) is 4.57. The Morgan fingerprint density at radius 1 is 1.29 bits per heavy atom. The van der Waals surface area contributed by atoms with E-state index in [1.807, 2.05) is 55.3 Å². The highest BCUT2D eigenvalue weighted by Gasteiger charge is 2.31. The van der Waals surface area contributed by atoms with Crippen LogP contribution in [0.5, 0.6) is 0 Å². The Morgan fingerprint density at radius 2 is 2.00 bits per heavy atom. The molecule has 0 aliphatic carbocycles. The summed E-state index contributed by atoms with van der Waals surface area (Å²) in [6.07, 6.45) is 4.99. The van der Waals surface area contributed by atoms with Crippen LogP contribution in [0.1, 0.15) is 42.2 Å². The van der Waals surface area contributed by atoms with Crippen molar-refractivity contribution in [3.8, 4) is 5.69 Å². The summed E-state index contributed by atoms with van der Waals surface area (Å²) in [5.74, 6) is 0.0479. The molecule has 3 rings (SSSR count). The largest absolute Gasteiger partial charge is 0.334 e. The number of aryl methyl sites for hydroxylation is 1. The first-order valence-corrected chi connectivity index (χ1v) is 8.26. The molecular formula is C18H25ClN4O. The molecule has 1 saturated heterocycles. The van der Waals surface area contributed by atoms with Gasteiger partial charge in [0, 0.05) is 24.8 Å². The average Bonchev–Trinajstić information content (AvgIpc) is 2.97. The fourth-order valence-electron chi connectivity index (χ4n) is 3.29. The lowest BCUT2D eigenvalue weighted by molar-refractivity contribution is 0.0583. The number of para-hydroxylation sites is 1. The highest BCUT2D eigenvalue weighted by Crippen LogP contribution is 2.23. The van der Waals surface area contributed by atoms with Gasteiger partial charge in [-0.25, -0.2) is 4.68 Å². The van der Waals surface area contributed by atoms with Gasteiger partial charge in [-0.3, -0.25) is 4.79 Å². The van der Waals surface area contributed by atoms with Crippen molar-refractivity contribution in [3.63, 3.8) is 0 Å². The Kier molecular flexibility index (Phi) is 6.02. The lowest BCUT2D eigenvalue weighted by Crippen LogP contribution is -2.51. The summed E-state index contributed by atoms with van der Waals surface area (Å²) in [6.45, 7) is 4.65. The van der Waals surface area contributed by atoms with Crippen LogP contribution in [0.3, 0.4) is 0 Å². The lowest BCUT2D eigenvalue weighted by atomic mass is 9.96. The number of aromatic nitrogens is 2. The van der Waals surface area contributed by atoms with E-state index in [-0.39, 0.29) is 30.4 Å². The van der Waals surface area contributed by atoms with Crippen molar-refractivity contribution in [1.82, 2.24) is 14.7 Å². The van der Waals surface area contributed by atoms with Crippen LogP contribution in [-0.4, -0.2) is 39.2 Å². The number of hydrogen-bond donors (Lipinski definition) is 1. The van der Waals surface area contributed by atoms with Crippen LogP contribution < -0.4 is 5.73 Å². The number of piperidine rings is 1. The zero-order valence-corrected chi connectivity index (χ0v) is 15.0. The van der Waals surface area contributed by atoms with E-state index in [1.54, 1.807) is 4.68 Å². The predicted octanol–water partition coefficient (Wildman–Crippen LogP) is 2.94. The molecule has 5 nitrogen and oxygen atoms in total. The first-order valence-electron chi connectivity index (χ1n) is 8.26. The molecule has 2 unspecified atom stereocenters. The molecule has 0 bridgehead atoms. The van der Waals surface area contributed by atoms with Crippen molar-refractivity contribution in [3.05, 3.63) is 47.8 Å². The predicted molar refractivity (Wildman–Crippen MR) is 97.9 cm³/mol. The van der Waals surface area contributed by atoms with Crippen molar-refractivity contribution in [1.29, 1.82) is 0 Å². The van der Waals surface area contributed by atoms with E-state index in [2.05, 4.69) is 5.10 Å². The van der Waals surface area contributed by atoms with Crippen molar-refractivity contribution < 1.29 is 4.79 Å². The van der Waals surface area contributed by atoms with Crippen LogP contribution >= 0.6 is 12.4 Å². The molecule has 24 heavy (non-hydrogen) atoms. The van der Waals surface area contributed by atoms with Gasteiger partial charge in [0.2, 0.25) is 0 Å². The molecular weight excluding hydrogens is 324 g/mol. The molecule has 1 aromatic carbocycles. The van der Waals surface area contributed by atoms with Crippen molar-refractivity contribution >= 4 is 18.3 Å². The average molecular weight is 349 g/mol. The van der Waals surface area contributed by atoms with Crippen LogP contribution in [0.25, 0.3) is 5.69 Å². The van der Waals surface area contributed by atoms with Gasteiger partial charge in [-0.15, -0.1) is 12.4 Å². The summed E-state index contributed by atoms with van der Waals surface area (Å²) in [5.41, 5.74) is 8.47. The van der Waals surface area contributed by atoms with E-state index in [0.29, 0.717) is 5.56 Å². The van der Waals surface area contributed by atoms with E-state index in [9.17, 15) is 4.79 Å². The highest BCUT2D eigenvalue weighted by atomic mass is 35.5. The van der Waals surface area contributed by atoms with Gasteiger partial charge in [-0.05, 0) is 45.2 Å². The number of halogens is 1. The molecule has 2 heterocycles. The molecule has 0 radical (unpaired) electrons. The minimum atomic E-state index is -0.0104. The molecule has 1 aliphatic rings. The second-order valence-corrected chi connectivity index (χ2v) is 6.33. The molecule has 2 atom stereocenters. The van der Waals surface area contributed by atoms with Gasteiger partial charge in [0.15, 0.2) is 0 Å². The van der Waals surface area contributed by atoms with Gasteiger partial charge in [-0.2, -0.15) is 5.10 Å². The first-order chi connectivity index (χ1) is 11.1. The molecule has 1 amide bonds. The maximum Gasteiger partial charge on any atom is 0.257 e. The summed E-state index contributed by atoms with van der Waals surface area (Å²) in [6, 6.07) is 9.96. The van der Waals surface area contributed by atoms with E-state index >= 15 is 0 Å². The second-order valence-electron chi connectivity index (χ2n) is 6.33. The Balaban J connectivity index is 0.00000208. The number of carbonyl (C=O) groups is 1. The zero-order valence-electron chi connectivity index (χ0n) is 14.2. The summed E-state index contributed by atoms with van der Waals surface area (Å²) >= 11 is 0. The molecule has 2 aromatic rings. The molecule has 130 valence electrons. The molecule has 0 saturated carbocycles. The topological polar surface area (TPSA) is 64.2 Å². The normalized spacial score (nSPS) is 18.8. The van der Waals surface area contributed by atoms with Crippen molar-refractivity contribution in [2.24, 2.45) is 5.73 Å². The van der Waals surface area contributed by atoms with Crippen LogP contribution in [-0.2, 0) is 0 Å². The standard InChI is InChI=1S/C18H24N4O.ClH/c1-13(19)17-10-6-7-11-21(17)18(23)16-12-22(20-14(16)2)15-8-4-3-5-9-15;/h3-5,8-9,12-13,17H,6-7,10-11,19H2,1-2H3;1H. The second kappa shape index (κ2) is 7.81. The highest BCUT2D eigenvalue weighted by molar-refractivity contribution is 5.95. The van der Waals surface area contributed by atoms with Crippen LogP contribution in [0.4, 0.5) is 0 Å². The molecule has 2 N–H and O–H groups in total. The Hall–Kier alpha value is -1.85. The third kappa shape index (κ3) is 3.62. The number of benzene rings is 1. The van der Waals surface area contributed by atoms with Crippen molar-refractivity contribution in [2.75, 3.05) is 6.54 Å². The summed E-state index contributed by atoms with van der Waals surface area (Å²) in [5, 5.41) is 4.50. The fraction of sp³-hybridized carbons (Fsp3) is 0.444. The maximum absolute atomic E-state index is 13.0. The maximum atomic E-state index is 13.0.